The molecule has 0 atom stereocenters. The van der Waals surface area contributed by atoms with E-state index < -0.39 is 0 Å². The maximum Gasteiger partial charge on any atom is 0.255 e. The quantitative estimate of drug-likeness (QED) is 0.871. The summed E-state index contributed by atoms with van der Waals surface area (Å²) < 4.78 is 0. The number of amides is 1. The van der Waals surface area contributed by atoms with Crippen LogP contribution in [0.15, 0.2) is 29.2 Å². The number of nitrogens with zero attached hydrogens (tertiary/aromatic N) is 1. The molecule has 2 aromatic heterocycles. The van der Waals surface area contributed by atoms with Gasteiger partial charge < -0.3 is 11.1 Å². The van der Waals surface area contributed by atoms with E-state index in [1.165, 1.54) is 11.8 Å². The van der Waals surface area contributed by atoms with Crippen molar-refractivity contribution in [3.63, 3.8) is 0 Å². The highest BCUT2D eigenvalue weighted by Gasteiger charge is 2.09. The molecule has 0 unspecified atom stereocenters. The van der Waals surface area contributed by atoms with E-state index >= 15 is 0 Å². The maximum atomic E-state index is 11.8. The Morgan fingerprint density at radius 2 is 2.35 bits per heavy atom. The molecule has 0 aliphatic rings. The number of nitrogens with one attached hydrogen (secondary N) is 1. The van der Waals surface area contributed by atoms with Crippen molar-refractivity contribution in [3.8, 4) is 0 Å². The molecule has 0 bridgehead atoms. The number of nitrogens with two attached hydrogens (primary N) is 1. The summed E-state index contributed by atoms with van der Waals surface area (Å²) in [6.07, 6.45) is 3.04. The molecule has 17 heavy (non-hydrogen) atoms. The van der Waals surface area contributed by atoms with Crippen LogP contribution in [0.2, 0.25) is 0 Å². The second kappa shape index (κ2) is 4.97. The SMILES string of the molecule is Cc1cscc1CNC(=O)c1cnccc1N. The van der Waals surface area contributed by atoms with Crippen LogP contribution in [0.25, 0.3) is 0 Å². The summed E-state index contributed by atoms with van der Waals surface area (Å²) >= 11 is 1.63. The van der Waals surface area contributed by atoms with Gasteiger partial charge in [0.1, 0.15) is 0 Å². The highest BCUT2D eigenvalue weighted by molar-refractivity contribution is 7.08. The predicted molar refractivity (Wildman–Crippen MR) is 68.9 cm³/mol. The number of rotatable bonds is 3. The van der Waals surface area contributed by atoms with Crippen LogP contribution in [-0.2, 0) is 6.54 Å². The first kappa shape index (κ1) is 11.6. The van der Waals surface area contributed by atoms with Crippen molar-refractivity contribution in [2.24, 2.45) is 0 Å². The molecule has 0 aromatic carbocycles. The van der Waals surface area contributed by atoms with E-state index in [0.717, 1.165) is 5.56 Å². The van der Waals surface area contributed by atoms with Gasteiger partial charge in [-0.15, -0.1) is 0 Å². The third-order valence-electron chi connectivity index (χ3n) is 2.50. The van der Waals surface area contributed by atoms with Gasteiger partial charge in [0, 0.05) is 24.6 Å². The van der Waals surface area contributed by atoms with Gasteiger partial charge in [-0.1, -0.05) is 0 Å². The smallest absolute Gasteiger partial charge is 0.255 e. The van der Waals surface area contributed by atoms with Crippen molar-refractivity contribution in [1.82, 2.24) is 10.3 Å². The summed E-state index contributed by atoms with van der Waals surface area (Å²) in [5.74, 6) is -0.193. The lowest BCUT2D eigenvalue weighted by molar-refractivity contribution is 0.0951. The van der Waals surface area contributed by atoms with Crippen LogP contribution in [0.3, 0.4) is 0 Å². The molecular formula is C12H13N3OS. The standard InChI is InChI=1S/C12H13N3OS/c1-8-6-17-7-9(8)4-15-12(16)10-5-14-3-2-11(10)13/h2-3,5-7H,4H2,1H3,(H2,13,14)(H,15,16). The van der Waals surface area contributed by atoms with Crippen LogP contribution in [0.1, 0.15) is 21.5 Å². The van der Waals surface area contributed by atoms with Gasteiger partial charge in [-0.05, 0) is 34.9 Å². The van der Waals surface area contributed by atoms with Gasteiger partial charge in [0.25, 0.3) is 5.91 Å². The molecule has 0 aliphatic heterocycles. The van der Waals surface area contributed by atoms with Gasteiger partial charge >= 0.3 is 0 Å². The van der Waals surface area contributed by atoms with Crippen LogP contribution in [0.5, 0.6) is 0 Å². The zero-order chi connectivity index (χ0) is 12.3. The van der Waals surface area contributed by atoms with Crippen molar-refractivity contribution in [1.29, 1.82) is 0 Å². The molecule has 4 nitrogen and oxygen atoms in total. The zero-order valence-electron chi connectivity index (χ0n) is 9.43. The number of anilines is 1. The van der Waals surface area contributed by atoms with Crippen LogP contribution in [0.4, 0.5) is 5.69 Å². The van der Waals surface area contributed by atoms with Crippen LogP contribution >= 0.6 is 11.3 Å². The van der Waals surface area contributed by atoms with Crippen LogP contribution < -0.4 is 11.1 Å². The summed E-state index contributed by atoms with van der Waals surface area (Å²) in [5, 5.41) is 6.92. The molecule has 3 N–H and O–H groups in total. The minimum atomic E-state index is -0.193. The molecule has 5 heteroatoms. The van der Waals surface area contributed by atoms with Crippen LogP contribution in [-0.4, -0.2) is 10.9 Å². The van der Waals surface area contributed by atoms with Crippen molar-refractivity contribution >= 4 is 22.9 Å². The summed E-state index contributed by atoms with van der Waals surface area (Å²) in [5.41, 5.74) is 8.88. The normalized spacial score (nSPS) is 10.2. The second-order valence-electron chi connectivity index (χ2n) is 3.73. The van der Waals surface area contributed by atoms with Crippen molar-refractivity contribution in [3.05, 3.63) is 45.9 Å². The summed E-state index contributed by atoms with van der Waals surface area (Å²) in [6.45, 7) is 2.54. The molecule has 0 saturated carbocycles. The fourth-order valence-corrected chi connectivity index (χ4v) is 2.29. The number of hydrogen-bond donors (Lipinski definition) is 2. The third kappa shape index (κ3) is 2.62. The van der Waals surface area contributed by atoms with Crippen molar-refractivity contribution in [2.45, 2.75) is 13.5 Å². The molecule has 0 fully saturated rings. The van der Waals surface area contributed by atoms with Gasteiger partial charge in [0.2, 0.25) is 0 Å². The molecular weight excluding hydrogens is 234 g/mol. The van der Waals surface area contributed by atoms with Gasteiger partial charge in [-0.2, -0.15) is 11.3 Å². The third-order valence-corrected chi connectivity index (χ3v) is 3.41. The summed E-state index contributed by atoms with van der Waals surface area (Å²) in [7, 11) is 0. The van der Waals surface area contributed by atoms with Gasteiger partial charge in [-0.25, -0.2) is 0 Å². The molecule has 2 heterocycles. The first-order valence-corrected chi connectivity index (χ1v) is 6.12. The second-order valence-corrected chi connectivity index (χ2v) is 4.47. The maximum absolute atomic E-state index is 11.8. The Balaban J connectivity index is 2.04. The van der Waals surface area contributed by atoms with E-state index in [1.54, 1.807) is 23.6 Å². The number of aromatic nitrogens is 1. The summed E-state index contributed by atoms with van der Waals surface area (Å²) in [6, 6.07) is 1.62. The molecule has 0 aliphatic carbocycles. The minimum Gasteiger partial charge on any atom is -0.398 e. The van der Waals surface area contributed by atoms with Crippen molar-refractivity contribution < 1.29 is 4.79 Å². The Labute approximate surface area is 103 Å². The summed E-state index contributed by atoms with van der Waals surface area (Å²) in [4.78, 5) is 15.7. The Kier molecular flexibility index (Phi) is 3.39. The average molecular weight is 247 g/mol. The van der Waals surface area contributed by atoms with E-state index in [0.29, 0.717) is 17.8 Å². The highest BCUT2D eigenvalue weighted by atomic mass is 32.1. The lowest BCUT2D eigenvalue weighted by Gasteiger charge is -2.06. The number of aryl methyl sites for hydroxylation is 1. The minimum absolute atomic E-state index is 0.193. The van der Waals surface area contributed by atoms with Gasteiger partial charge in [0.15, 0.2) is 0 Å². The highest BCUT2D eigenvalue weighted by Crippen LogP contribution is 2.14. The monoisotopic (exact) mass is 247 g/mol. The van der Waals surface area contributed by atoms with E-state index in [4.69, 9.17) is 5.73 Å². The average Bonchev–Trinajstić information content (AvgIpc) is 2.72. The lowest BCUT2D eigenvalue weighted by Crippen LogP contribution is -2.24. The first-order valence-electron chi connectivity index (χ1n) is 5.18. The Hall–Kier alpha value is -1.88. The van der Waals surface area contributed by atoms with E-state index in [9.17, 15) is 4.79 Å². The van der Waals surface area contributed by atoms with Crippen molar-refractivity contribution in [2.75, 3.05) is 5.73 Å². The number of pyridine rings is 1. The molecule has 88 valence electrons. The lowest BCUT2D eigenvalue weighted by atomic mass is 10.2. The van der Waals surface area contributed by atoms with Crippen LogP contribution in [0, 0.1) is 6.92 Å². The predicted octanol–water partition coefficient (Wildman–Crippen LogP) is 1.96. The number of carbonyl (C=O) groups excluding carboxylic acids is 1. The molecule has 2 aromatic rings. The fraction of sp³-hybridized carbons (Fsp3) is 0.167. The number of thiophene rings is 1. The van der Waals surface area contributed by atoms with Gasteiger partial charge in [-0.3, -0.25) is 9.78 Å². The molecule has 0 radical (unpaired) electrons. The Morgan fingerprint density at radius 3 is 3.00 bits per heavy atom. The fourth-order valence-electron chi connectivity index (χ4n) is 1.43. The van der Waals surface area contributed by atoms with E-state index in [1.807, 2.05) is 12.3 Å². The number of hydrogen-bond acceptors (Lipinski definition) is 4. The first-order chi connectivity index (χ1) is 8.18. The van der Waals surface area contributed by atoms with E-state index in [2.05, 4.69) is 15.7 Å². The molecule has 2 rings (SSSR count). The molecule has 0 saturated heterocycles. The number of carbonyl (C=O) groups is 1. The topological polar surface area (TPSA) is 68.0 Å². The molecule has 1 amide bonds. The molecule has 0 spiro atoms. The Bertz CT molecular complexity index is 536. The zero-order valence-corrected chi connectivity index (χ0v) is 10.3. The largest absolute Gasteiger partial charge is 0.398 e. The van der Waals surface area contributed by atoms with E-state index in [-0.39, 0.29) is 5.91 Å². The number of nitrogen functional groups attached to an aromatic ring is 1. The Morgan fingerprint density at radius 1 is 1.53 bits per heavy atom. The van der Waals surface area contributed by atoms with Gasteiger partial charge in [0.05, 0.1) is 5.56 Å².